The summed E-state index contributed by atoms with van der Waals surface area (Å²) in [5, 5.41) is 6.62. The molecule has 0 amide bonds. The maximum Gasteiger partial charge on any atom is 0.410 e. The van der Waals surface area contributed by atoms with Gasteiger partial charge in [0, 0.05) is 6.42 Å². The first-order valence-electron chi connectivity index (χ1n) is 7.03. The number of aromatic nitrogens is 2. The number of hydrogen-bond acceptors (Lipinski definition) is 5. The van der Waals surface area contributed by atoms with Gasteiger partial charge in [-0.25, -0.2) is 9.48 Å². The van der Waals surface area contributed by atoms with Crippen molar-refractivity contribution in [2.75, 3.05) is 11.9 Å². The number of carbonyl (C=O) groups is 1. The number of nitrogens with zero attached hydrogens (tertiary/aromatic N) is 2. The van der Waals surface area contributed by atoms with E-state index in [1.807, 2.05) is 0 Å². The van der Waals surface area contributed by atoms with Crippen molar-refractivity contribution in [1.82, 2.24) is 9.78 Å². The number of nitrogens with one attached hydrogen (secondary N) is 1. The molecular formula is C14H14F3N3O3. The number of halogens is 3. The van der Waals surface area contributed by atoms with Crippen molar-refractivity contribution in [3.63, 3.8) is 0 Å². The highest BCUT2D eigenvalue weighted by molar-refractivity contribution is 5.94. The lowest BCUT2D eigenvalue weighted by atomic mass is 10.0. The first kappa shape index (κ1) is 15.4. The van der Waals surface area contributed by atoms with Crippen molar-refractivity contribution in [1.29, 1.82) is 0 Å². The molecule has 2 aromatic heterocycles. The van der Waals surface area contributed by atoms with E-state index in [1.54, 1.807) is 19.1 Å². The van der Waals surface area contributed by atoms with Crippen LogP contribution < -0.4 is 5.32 Å². The van der Waals surface area contributed by atoms with E-state index in [9.17, 15) is 18.0 Å². The molecule has 0 bridgehead atoms. The monoisotopic (exact) mass is 329 g/mol. The minimum atomic E-state index is -4.50. The highest BCUT2D eigenvalue weighted by Crippen LogP contribution is 2.44. The number of fused-ring (bicyclic) bond motifs is 1. The maximum atomic E-state index is 13.4. The molecule has 1 N–H and O–H groups in total. The van der Waals surface area contributed by atoms with Crippen molar-refractivity contribution >= 4 is 11.8 Å². The molecule has 6 nitrogen and oxygen atoms in total. The number of rotatable bonds is 3. The third-order valence-electron chi connectivity index (χ3n) is 3.62. The molecule has 1 aliphatic rings. The van der Waals surface area contributed by atoms with E-state index in [2.05, 4.69) is 10.4 Å². The number of ether oxygens (including phenoxy) is 1. The van der Waals surface area contributed by atoms with Crippen LogP contribution in [0.4, 0.5) is 19.0 Å². The van der Waals surface area contributed by atoms with Gasteiger partial charge in [-0.1, -0.05) is 0 Å². The topological polar surface area (TPSA) is 69.3 Å². The van der Waals surface area contributed by atoms with Gasteiger partial charge in [0.15, 0.2) is 6.04 Å². The van der Waals surface area contributed by atoms with E-state index < -0.39 is 24.2 Å². The second-order valence-corrected chi connectivity index (χ2v) is 5.08. The Morgan fingerprint density at radius 3 is 2.96 bits per heavy atom. The molecule has 9 heteroatoms. The van der Waals surface area contributed by atoms with Gasteiger partial charge < -0.3 is 14.5 Å². The van der Waals surface area contributed by atoms with Crippen LogP contribution in [0.1, 0.15) is 41.5 Å². The first-order valence-corrected chi connectivity index (χ1v) is 7.03. The lowest BCUT2D eigenvalue weighted by Crippen LogP contribution is -2.36. The zero-order valence-corrected chi connectivity index (χ0v) is 12.1. The molecule has 0 aliphatic carbocycles. The number of anilines is 1. The summed E-state index contributed by atoms with van der Waals surface area (Å²) in [6.07, 6.45) is -2.31. The summed E-state index contributed by atoms with van der Waals surface area (Å²) in [5.41, 5.74) is -0.0302. The van der Waals surface area contributed by atoms with Gasteiger partial charge in [0.1, 0.15) is 17.1 Å². The second-order valence-electron chi connectivity index (χ2n) is 5.08. The number of esters is 1. The molecular weight excluding hydrogens is 315 g/mol. The highest BCUT2D eigenvalue weighted by atomic mass is 19.4. The van der Waals surface area contributed by atoms with E-state index in [-0.39, 0.29) is 24.4 Å². The Bertz CT molecular complexity index is 694. The molecule has 0 aromatic carbocycles. The Morgan fingerprint density at radius 1 is 1.57 bits per heavy atom. The number of furan rings is 1. The van der Waals surface area contributed by atoms with Crippen LogP contribution in [0.2, 0.25) is 0 Å². The smallest absolute Gasteiger partial charge is 0.410 e. The van der Waals surface area contributed by atoms with Crippen LogP contribution in [-0.2, 0) is 4.74 Å². The van der Waals surface area contributed by atoms with Crippen LogP contribution in [-0.4, -0.2) is 28.5 Å². The Morgan fingerprint density at radius 2 is 2.35 bits per heavy atom. The van der Waals surface area contributed by atoms with Gasteiger partial charge in [-0.05, 0) is 19.1 Å². The summed E-state index contributed by atoms with van der Waals surface area (Å²) in [4.78, 5) is 11.9. The van der Waals surface area contributed by atoms with E-state index in [0.29, 0.717) is 5.76 Å². The summed E-state index contributed by atoms with van der Waals surface area (Å²) >= 11 is 0. The summed E-state index contributed by atoms with van der Waals surface area (Å²) in [7, 11) is 0. The minimum absolute atomic E-state index is 0.0153. The predicted octanol–water partition coefficient (Wildman–Crippen LogP) is 3.31. The highest BCUT2D eigenvalue weighted by Gasteiger charge is 2.47. The van der Waals surface area contributed by atoms with Crippen LogP contribution in [0.5, 0.6) is 0 Å². The molecule has 0 radical (unpaired) electrons. The Hall–Kier alpha value is -2.45. The fourth-order valence-electron chi connectivity index (χ4n) is 2.60. The Labute approximate surface area is 129 Å². The molecule has 23 heavy (non-hydrogen) atoms. The van der Waals surface area contributed by atoms with Crippen LogP contribution in [0.3, 0.4) is 0 Å². The quantitative estimate of drug-likeness (QED) is 0.875. The molecule has 124 valence electrons. The Kier molecular flexibility index (Phi) is 3.78. The Balaban J connectivity index is 2.02. The van der Waals surface area contributed by atoms with Crippen LogP contribution >= 0.6 is 0 Å². The summed E-state index contributed by atoms with van der Waals surface area (Å²) in [6.45, 7) is 1.74. The summed E-state index contributed by atoms with van der Waals surface area (Å²) < 4.78 is 50.9. The van der Waals surface area contributed by atoms with Crippen molar-refractivity contribution < 1.29 is 27.1 Å². The van der Waals surface area contributed by atoms with Gasteiger partial charge in [-0.2, -0.15) is 18.3 Å². The van der Waals surface area contributed by atoms with Gasteiger partial charge in [0.2, 0.25) is 0 Å². The van der Waals surface area contributed by atoms with Crippen LogP contribution in [0, 0.1) is 0 Å². The van der Waals surface area contributed by atoms with Crippen LogP contribution in [0.25, 0.3) is 0 Å². The maximum absolute atomic E-state index is 13.4. The number of hydrogen-bond donors (Lipinski definition) is 1. The molecule has 1 aliphatic heterocycles. The van der Waals surface area contributed by atoms with Gasteiger partial charge in [-0.15, -0.1) is 0 Å². The largest absolute Gasteiger partial charge is 0.467 e. The second kappa shape index (κ2) is 5.64. The van der Waals surface area contributed by atoms with E-state index in [1.165, 1.54) is 6.26 Å². The van der Waals surface area contributed by atoms with Crippen molar-refractivity contribution in [2.24, 2.45) is 0 Å². The molecule has 0 fully saturated rings. The van der Waals surface area contributed by atoms with Crippen molar-refractivity contribution in [3.8, 4) is 0 Å². The summed E-state index contributed by atoms with van der Waals surface area (Å²) in [6, 6.07) is 0.616. The van der Waals surface area contributed by atoms with Crippen molar-refractivity contribution in [2.45, 2.75) is 31.6 Å². The van der Waals surface area contributed by atoms with Gasteiger partial charge in [0.25, 0.3) is 0 Å². The normalized spacial score (nSPS) is 20.7. The fourth-order valence-corrected chi connectivity index (χ4v) is 2.60. The minimum Gasteiger partial charge on any atom is -0.467 e. The fraction of sp³-hybridized carbons (Fsp3) is 0.429. The SMILES string of the molecule is CCOC(=O)c1cnn2c1N[C@H](c1ccco1)C[C@@H]2C(F)(F)F. The summed E-state index contributed by atoms with van der Waals surface area (Å²) in [5.74, 6) is -0.373. The lowest BCUT2D eigenvalue weighted by molar-refractivity contribution is -0.174. The van der Waals surface area contributed by atoms with Gasteiger partial charge in [0.05, 0.1) is 25.1 Å². The average molecular weight is 329 g/mol. The molecule has 3 rings (SSSR count). The third-order valence-corrected chi connectivity index (χ3v) is 3.62. The number of carbonyl (C=O) groups excluding carboxylic acids is 1. The first-order chi connectivity index (χ1) is 10.9. The van der Waals surface area contributed by atoms with Crippen molar-refractivity contribution in [3.05, 3.63) is 35.9 Å². The van der Waals surface area contributed by atoms with E-state index >= 15 is 0 Å². The zero-order valence-electron chi connectivity index (χ0n) is 12.1. The molecule has 2 atom stereocenters. The van der Waals surface area contributed by atoms with Crippen LogP contribution in [0.15, 0.2) is 29.0 Å². The molecule has 0 spiro atoms. The predicted molar refractivity (Wildman–Crippen MR) is 73.0 cm³/mol. The van der Waals surface area contributed by atoms with E-state index in [4.69, 9.17) is 9.15 Å². The van der Waals surface area contributed by atoms with Gasteiger partial charge >= 0.3 is 12.1 Å². The van der Waals surface area contributed by atoms with E-state index in [0.717, 1.165) is 10.9 Å². The van der Waals surface area contributed by atoms with Gasteiger partial charge in [-0.3, -0.25) is 0 Å². The molecule has 0 unspecified atom stereocenters. The average Bonchev–Trinajstić information content (AvgIpc) is 3.14. The lowest BCUT2D eigenvalue weighted by Gasteiger charge is -2.32. The third kappa shape index (κ3) is 2.78. The standard InChI is InChI=1S/C14H14F3N3O3/c1-2-22-13(21)8-7-18-20-11(14(15,16)17)6-9(19-12(8)20)10-4-3-5-23-10/h3-5,7,9,11,19H,2,6H2,1H3/t9-,11+/m0/s1. The zero-order chi connectivity index (χ0) is 16.6. The number of alkyl halides is 3. The molecule has 0 saturated heterocycles. The molecule has 2 aromatic rings. The molecule has 3 heterocycles. The molecule has 0 saturated carbocycles.